The van der Waals surface area contributed by atoms with Crippen LogP contribution in [0.3, 0.4) is 0 Å². The molecule has 0 aliphatic carbocycles. The number of imide groups is 1. The second kappa shape index (κ2) is 7.20. The number of hydrogen-bond acceptors (Lipinski definition) is 3. The number of fused-ring (bicyclic) bond motifs is 4. The molecule has 2 N–H and O–H groups in total. The maximum atomic E-state index is 13.4. The molecule has 6 heteroatoms. The number of aromatic nitrogens is 1. The van der Waals surface area contributed by atoms with E-state index in [0.717, 1.165) is 47.0 Å². The summed E-state index contributed by atoms with van der Waals surface area (Å²) in [5.74, 6) is 0.0299. The van der Waals surface area contributed by atoms with E-state index in [4.69, 9.17) is 0 Å². The number of nitrogens with zero attached hydrogens (tertiary/aromatic N) is 2. The number of urea groups is 1. The summed E-state index contributed by atoms with van der Waals surface area (Å²) in [6.45, 7) is 2.56. The Balaban J connectivity index is 1.64. The highest BCUT2D eigenvalue weighted by atomic mass is 16.3. The number of benzene rings is 2. The van der Waals surface area contributed by atoms with Crippen molar-refractivity contribution < 1.29 is 14.7 Å². The summed E-state index contributed by atoms with van der Waals surface area (Å²) < 4.78 is 0. The van der Waals surface area contributed by atoms with E-state index in [0.29, 0.717) is 13.0 Å². The highest BCUT2D eigenvalue weighted by Gasteiger charge is 2.52. The topological polar surface area (TPSA) is 76.6 Å². The van der Waals surface area contributed by atoms with Gasteiger partial charge >= 0.3 is 6.03 Å². The molecule has 6 nitrogen and oxygen atoms in total. The number of unbranched alkanes of at least 4 members (excludes halogenated alkanes) is 2. The number of amides is 3. The van der Waals surface area contributed by atoms with Crippen LogP contribution in [-0.4, -0.2) is 44.4 Å². The standard InChI is InChI=1S/C24H25N3O3/c1-2-3-6-12-26-23(29)20-14-18-17-10-4-5-11-19(17)25-21(18)22(27(20)24(26)30)15-8-7-9-16(28)13-15/h4-5,7-11,13,20,22,25,28H,2-3,6,12,14H2,1H3. The Morgan fingerprint density at radius 3 is 2.73 bits per heavy atom. The molecule has 3 heterocycles. The SMILES string of the molecule is CCCCCN1C(=O)C2Cc3c([nH]c4ccccc34)C(c3cccc(O)c3)N2C1=O. The first-order valence-corrected chi connectivity index (χ1v) is 10.6. The number of rotatable bonds is 5. The Labute approximate surface area is 175 Å². The molecule has 0 radical (unpaired) electrons. The number of phenolic OH excluding ortho intramolecular Hbond substituents is 1. The van der Waals surface area contributed by atoms with Crippen LogP contribution < -0.4 is 0 Å². The Morgan fingerprint density at radius 2 is 1.93 bits per heavy atom. The van der Waals surface area contributed by atoms with Gasteiger partial charge in [-0.1, -0.05) is 50.1 Å². The number of nitrogens with one attached hydrogen (secondary N) is 1. The highest BCUT2D eigenvalue weighted by Crippen LogP contribution is 2.44. The van der Waals surface area contributed by atoms with Gasteiger partial charge in [0.05, 0.1) is 0 Å². The largest absolute Gasteiger partial charge is 0.508 e. The molecule has 154 valence electrons. The molecule has 30 heavy (non-hydrogen) atoms. The average molecular weight is 403 g/mol. The van der Waals surface area contributed by atoms with Crippen LogP contribution in [0.2, 0.25) is 0 Å². The van der Waals surface area contributed by atoms with E-state index in [9.17, 15) is 14.7 Å². The zero-order valence-electron chi connectivity index (χ0n) is 17.0. The van der Waals surface area contributed by atoms with Crippen molar-refractivity contribution >= 4 is 22.8 Å². The van der Waals surface area contributed by atoms with Gasteiger partial charge in [-0.25, -0.2) is 4.79 Å². The minimum atomic E-state index is -0.516. The normalized spacial score (nSPS) is 20.7. The van der Waals surface area contributed by atoms with Gasteiger partial charge in [-0.2, -0.15) is 0 Å². The molecule has 2 unspecified atom stereocenters. The first-order valence-electron chi connectivity index (χ1n) is 10.6. The summed E-state index contributed by atoms with van der Waals surface area (Å²) >= 11 is 0. The van der Waals surface area contributed by atoms with Crippen molar-refractivity contribution in [3.05, 3.63) is 65.4 Å². The molecule has 1 fully saturated rings. The molecule has 2 aliphatic rings. The molecular formula is C24H25N3O3. The molecule has 1 aromatic heterocycles. The third kappa shape index (κ3) is 2.78. The number of para-hydroxylation sites is 1. The first kappa shape index (κ1) is 18.7. The van der Waals surface area contributed by atoms with Crippen molar-refractivity contribution in [3.8, 4) is 5.75 Å². The van der Waals surface area contributed by atoms with Crippen molar-refractivity contribution in [3.63, 3.8) is 0 Å². The van der Waals surface area contributed by atoms with Crippen LogP contribution in [0.4, 0.5) is 4.79 Å². The van der Waals surface area contributed by atoms with Crippen LogP contribution in [0.5, 0.6) is 5.75 Å². The quantitative estimate of drug-likeness (QED) is 0.491. The van der Waals surface area contributed by atoms with Crippen LogP contribution in [-0.2, 0) is 11.2 Å². The van der Waals surface area contributed by atoms with Gasteiger partial charge in [0.1, 0.15) is 17.8 Å². The first-order chi connectivity index (χ1) is 14.6. The zero-order chi connectivity index (χ0) is 20.8. The lowest BCUT2D eigenvalue weighted by Gasteiger charge is -2.36. The molecule has 2 aliphatic heterocycles. The fraction of sp³-hybridized carbons (Fsp3) is 0.333. The van der Waals surface area contributed by atoms with E-state index in [1.54, 1.807) is 23.1 Å². The third-order valence-corrected chi connectivity index (χ3v) is 6.31. The number of phenols is 1. The molecule has 1 saturated heterocycles. The van der Waals surface area contributed by atoms with Crippen LogP contribution >= 0.6 is 0 Å². The summed E-state index contributed by atoms with van der Waals surface area (Å²) in [5.41, 5.74) is 3.80. The molecule has 2 aromatic carbocycles. The van der Waals surface area contributed by atoms with Crippen molar-refractivity contribution in [2.75, 3.05) is 6.54 Å². The molecule has 5 rings (SSSR count). The Morgan fingerprint density at radius 1 is 1.10 bits per heavy atom. The van der Waals surface area contributed by atoms with Gasteiger partial charge in [0.15, 0.2) is 0 Å². The molecule has 2 atom stereocenters. The number of aromatic amines is 1. The lowest BCUT2D eigenvalue weighted by molar-refractivity contribution is -0.128. The fourth-order valence-corrected chi connectivity index (χ4v) is 4.90. The van der Waals surface area contributed by atoms with Crippen LogP contribution in [0, 0.1) is 0 Å². The predicted molar refractivity (Wildman–Crippen MR) is 114 cm³/mol. The second-order valence-electron chi connectivity index (χ2n) is 8.17. The van der Waals surface area contributed by atoms with Crippen LogP contribution in [0.25, 0.3) is 10.9 Å². The van der Waals surface area contributed by atoms with Gasteiger partial charge in [-0.15, -0.1) is 0 Å². The van der Waals surface area contributed by atoms with Gasteiger partial charge in [0, 0.05) is 29.6 Å². The third-order valence-electron chi connectivity index (χ3n) is 6.31. The molecule has 0 spiro atoms. The molecular weight excluding hydrogens is 378 g/mol. The van der Waals surface area contributed by atoms with Gasteiger partial charge < -0.3 is 10.1 Å². The minimum Gasteiger partial charge on any atom is -0.508 e. The molecule has 3 amide bonds. The Kier molecular flexibility index (Phi) is 4.50. The number of H-pyrrole nitrogens is 1. The smallest absolute Gasteiger partial charge is 0.328 e. The number of aromatic hydroxyl groups is 1. The van der Waals surface area contributed by atoms with Crippen molar-refractivity contribution in [1.29, 1.82) is 0 Å². The van der Waals surface area contributed by atoms with Crippen molar-refractivity contribution in [2.24, 2.45) is 0 Å². The van der Waals surface area contributed by atoms with E-state index in [-0.39, 0.29) is 17.7 Å². The summed E-state index contributed by atoms with van der Waals surface area (Å²) in [6.07, 6.45) is 3.34. The summed E-state index contributed by atoms with van der Waals surface area (Å²) in [6, 6.07) is 13.8. The molecule has 0 saturated carbocycles. The summed E-state index contributed by atoms with van der Waals surface area (Å²) in [7, 11) is 0. The Hall–Kier alpha value is -3.28. The van der Waals surface area contributed by atoms with E-state index < -0.39 is 12.1 Å². The van der Waals surface area contributed by atoms with Gasteiger partial charge in [-0.3, -0.25) is 14.6 Å². The van der Waals surface area contributed by atoms with Gasteiger partial charge in [0.2, 0.25) is 0 Å². The van der Waals surface area contributed by atoms with E-state index in [1.807, 2.05) is 24.3 Å². The van der Waals surface area contributed by atoms with E-state index >= 15 is 0 Å². The highest BCUT2D eigenvalue weighted by molar-refractivity contribution is 6.05. The predicted octanol–water partition coefficient (Wildman–Crippen LogP) is 4.34. The van der Waals surface area contributed by atoms with Gasteiger partial charge in [-0.05, 0) is 35.7 Å². The van der Waals surface area contributed by atoms with Crippen molar-refractivity contribution in [1.82, 2.24) is 14.8 Å². The second-order valence-corrected chi connectivity index (χ2v) is 8.17. The maximum absolute atomic E-state index is 13.4. The monoisotopic (exact) mass is 403 g/mol. The van der Waals surface area contributed by atoms with E-state index in [2.05, 4.69) is 18.0 Å². The molecule has 3 aromatic rings. The average Bonchev–Trinajstić information content (AvgIpc) is 3.23. The minimum absolute atomic E-state index is 0.114. The van der Waals surface area contributed by atoms with E-state index in [1.165, 1.54) is 4.90 Å². The molecule has 0 bridgehead atoms. The Bertz CT molecular complexity index is 1140. The lowest BCUT2D eigenvalue weighted by atomic mass is 9.89. The summed E-state index contributed by atoms with van der Waals surface area (Å²) in [5, 5.41) is 11.2. The number of hydrogen-bond donors (Lipinski definition) is 2. The number of carbonyl (C=O) groups is 2. The van der Waals surface area contributed by atoms with Gasteiger partial charge in [0.25, 0.3) is 5.91 Å². The fourth-order valence-electron chi connectivity index (χ4n) is 4.90. The number of carbonyl (C=O) groups excluding carboxylic acids is 2. The lowest BCUT2D eigenvalue weighted by Crippen LogP contribution is -2.44. The van der Waals surface area contributed by atoms with Crippen molar-refractivity contribution in [2.45, 2.75) is 44.7 Å². The maximum Gasteiger partial charge on any atom is 0.328 e. The summed E-state index contributed by atoms with van der Waals surface area (Å²) in [4.78, 5) is 33.3. The van der Waals surface area contributed by atoms with Crippen LogP contribution in [0.1, 0.15) is 49.0 Å². The zero-order valence-corrected chi connectivity index (χ0v) is 17.0. The van der Waals surface area contributed by atoms with Crippen LogP contribution in [0.15, 0.2) is 48.5 Å².